The van der Waals surface area contributed by atoms with E-state index in [0.717, 1.165) is 0 Å². The molecular weight excluding hydrogens is 352 g/mol. The van der Waals surface area contributed by atoms with Crippen molar-refractivity contribution >= 4 is 29.0 Å². The number of carbonyl (C=O) groups excluding carboxylic acids is 3. The number of rotatable bonds is 7. The molecule has 0 aliphatic heterocycles. The van der Waals surface area contributed by atoms with E-state index in [2.05, 4.69) is 0 Å². The molecule has 0 fully saturated rings. The summed E-state index contributed by atoms with van der Waals surface area (Å²) in [5, 5.41) is 10.4. The zero-order chi connectivity index (χ0) is 19.1. The summed E-state index contributed by atoms with van der Waals surface area (Å²) in [5.74, 6) is -1.41. The first-order valence-corrected chi connectivity index (χ1v) is 8.83. The van der Waals surface area contributed by atoms with Crippen molar-refractivity contribution < 1.29 is 19.1 Å². The zero-order valence-electron chi connectivity index (χ0n) is 14.5. The highest BCUT2D eigenvalue weighted by atomic mass is 32.1. The summed E-state index contributed by atoms with van der Waals surface area (Å²) in [5.41, 5.74) is 0.350. The van der Waals surface area contributed by atoms with Crippen molar-refractivity contribution in [1.82, 2.24) is 4.90 Å². The van der Waals surface area contributed by atoms with Crippen molar-refractivity contribution in [3.8, 4) is 6.07 Å². The van der Waals surface area contributed by atoms with Crippen LogP contribution in [0.2, 0.25) is 0 Å². The minimum absolute atomic E-state index is 0.116. The lowest BCUT2D eigenvalue weighted by Crippen LogP contribution is -2.38. The van der Waals surface area contributed by atoms with Gasteiger partial charge in [0, 0.05) is 19.2 Å². The van der Waals surface area contributed by atoms with Gasteiger partial charge in [-0.25, -0.2) is 4.79 Å². The number of likely N-dealkylation sites (N-methyl/N-ethyl adjacent to an activating group) is 1. The highest BCUT2D eigenvalue weighted by Crippen LogP contribution is 2.19. The maximum absolute atomic E-state index is 12.6. The number of benzene rings is 1. The maximum atomic E-state index is 12.6. The molecule has 134 valence electrons. The molecule has 2 rings (SSSR count). The van der Waals surface area contributed by atoms with Gasteiger partial charge in [0.15, 0.2) is 6.10 Å². The third kappa shape index (κ3) is 4.55. The Balaban J connectivity index is 2.14. The molecule has 2 aromatic rings. The van der Waals surface area contributed by atoms with Crippen LogP contribution in [-0.4, -0.2) is 42.3 Å². The maximum Gasteiger partial charge on any atom is 0.339 e. The predicted molar refractivity (Wildman–Crippen MR) is 96.9 cm³/mol. The first-order valence-electron chi connectivity index (χ1n) is 7.95. The Labute approximate surface area is 155 Å². The molecule has 1 aromatic heterocycles. The molecule has 0 unspecified atom stereocenters. The summed E-state index contributed by atoms with van der Waals surface area (Å²) < 4.78 is 5.25. The minimum atomic E-state index is -1.02. The van der Waals surface area contributed by atoms with Crippen molar-refractivity contribution in [2.75, 3.05) is 13.6 Å². The highest BCUT2D eigenvalue weighted by molar-refractivity contribution is 7.12. The summed E-state index contributed by atoms with van der Waals surface area (Å²) in [6, 6.07) is 11.8. The van der Waals surface area contributed by atoms with Crippen LogP contribution in [0.3, 0.4) is 0 Å². The largest absolute Gasteiger partial charge is 0.449 e. The molecule has 1 amide bonds. The van der Waals surface area contributed by atoms with Crippen LogP contribution in [0, 0.1) is 11.3 Å². The van der Waals surface area contributed by atoms with E-state index in [0.29, 0.717) is 4.88 Å². The monoisotopic (exact) mass is 370 g/mol. The van der Waals surface area contributed by atoms with Crippen molar-refractivity contribution in [2.45, 2.75) is 19.4 Å². The molecule has 0 radical (unpaired) electrons. The number of hydrogen-bond donors (Lipinski definition) is 0. The van der Waals surface area contributed by atoms with Crippen LogP contribution in [0.5, 0.6) is 0 Å². The second kappa shape index (κ2) is 8.92. The number of nitriles is 1. The van der Waals surface area contributed by atoms with Gasteiger partial charge in [-0.15, -0.1) is 11.3 Å². The second-order valence-electron chi connectivity index (χ2n) is 5.57. The lowest BCUT2D eigenvalue weighted by molar-refractivity contribution is -0.138. The number of ether oxygens (including phenoxy) is 1. The third-order valence-corrected chi connectivity index (χ3v) is 4.57. The van der Waals surface area contributed by atoms with Crippen LogP contribution >= 0.6 is 11.3 Å². The molecule has 0 saturated heterocycles. The van der Waals surface area contributed by atoms with Gasteiger partial charge in [0.25, 0.3) is 5.91 Å². The van der Waals surface area contributed by atoms with E-state index in [1.165, 1.54) is 36.3 Å². The number of amides is 1. The molecule has 0 saturated carbocycles. The molecular formula is C19H18N2O4S. The lowest BCUT2D eigenvalue weighted by atomic mass is 10.0. The highest BCUT2D eigenvalue weighted by Gasteiger charge is 2.25. The van der Waals surface area contributed by atoms with Gasteiger partial charge in [0.1, 0.15) is 0 Å². The average Bonchev–Trinajstić information content (AvgIpc) is 3.19. The molecule has 1 heterocycles. The quantitative estimate of drug-likeness (QED) is 0.552. The molecule has 1 aromatic carbocycles. The van der Waals surface area contributed by atoms with Crippen LogP contribution in [-0.2, 0) is 9.53 Å². The number of carbonyl (C=O) groups is 3. The van der Waals surface area contributed by atoms with Gasteiger partial charge in [0.05, 0.1) is 22.9 Å². The topological polar surface area (TPSA) is 87.5 Å². The Kier molecular flexibility index (Phi) is 6.64. The summed E-state index contributed by atoms with van der Waals surface area (Å²) in [7, 11) is 1.54. The number of thiophene rings is 1. The molecule has 0 aliphatic carbocycles. The van der Waals surface area contributed by atoms with Crippen molar-refractivity contribution in [2.24, 2.45) is 0 Å². The Morgan fingerprint density at radius 3 is 2.50 bits per heavy atom. The Morgan fingerprint density at radius 2 is 1.88 bits per heavy atom. The summed E-state index contributed by atoms with van der Waals surface area (Å²) >= 11 is 1.29. The average molecular weight is 370 g/mol. The molecule has 6 nitrogen and oxygen atoms in total. The van der Waals surface area contributed by atoms with E-state index in [4.69, 9.17) is 10.00 Å². The molecule has 0 aliphatic rings. The molecule has 7 heteroatoms. The molecule has 1 atom stereocenters. The Morgan fingerprint density at radius 1 is 1.19 bits per heavy atom. The molecule has 0 bridgehead atoms. The molecule has 0 N–H and O–H groups in total. The normalized spacial score (nSPS) is 11.3. The van der Waals surface area contributed by atoms with Crippen molar-refractivity contribution in [3.05, 3.63) is 57.8 Å². The van der Waals surface area contributed by atoms with E-state index in [1.807, 2.05) is 6.07 Å². The van der Waals surface area contributed by atoms with E-state index in [-0.39, 0.29) is 29.9 Å². The number of esters is 1. The first kappa shape index (κ1) is 19.3. The minimum Gasteiger partial charge on any atom is -0.449 e. The SMILES string of the molecule is C[C@H](OC(=O)c1ccccc1C(=O)c1cccs1)C(=O)N(C)CCC#N. The number of ketones is 1. The van der Waals surface area contributed by atoms with Gasteiger partial charge in [-0.1, -0.05) is 24.3 Å². The first-order chi connectivity index (χ1) is 12.5. The smallest absolute Gasteiger partial charge is 0.339 e. The van der Waals surface area contributed by atoms with E-state index < -0.39 is 18.0 Å². The number of nitrogens with zero attached hydrogens (tertiary/aromatic N) is 2. The molecule has 0 spiro atoms. The van der Waals surface area contributed by atoms with Crippen LogP contribution in [0.1, 0.15) is 38.9 Å². The van der Waals surface area contributed by atoms with Crippen LogP contribution in [0.15, 0.2) is 41.8 Å². The predicted octanol–water partition coefficient (Wildman–Crippen LogP) is 2.90. The van der Waals surface area contributed by atoms with Gasteiger partial charge in [-0.2, -0.15) is 5.26 Å². The van der Waals surface area contributed by atoms with Crippen LogP contribution < -0.4 is 0 Å². The Hall–Kier alpha value is -2.98. The fraction of sp³-hybridized carbons (Fsp3) is 0.263. The Bertz CT molecular complexity index is 839. The summed E-state index contributed by atoms with van der Waals surface area (Å²) in [4.78, 5) is 39.1. The summed E-state index contributed by atoms with van der Waals surface area (Å²) in [6.45, 7) is 1.72. The van der Waals surface area contributed by atoms with E-state index >= 15 is 0 Å². The molecule has 26 heavy (non-hydrogen) atoms. The lowest BCUT2D eigenvalue weighted by Gasteiger charge is -2.20. The van der Waals surface area contributed by atoms with E-state index in [1.54, 1.807) is 35.7 Å². The standard InChI is InChI=1S/C19H18N2O4S/c1-13(18(23)21(2)11-6-10-20)25-19(24)15-8-4-3-7-14(15)17(22)16-9-5-12-26-16/h3-5,7-9,12-13H,6,11H2,1-2H3/t13-/m0/s1. The van der Waals surface area contributed by atoms with Gasteiger partial charge in [-0.3, -0.25) is 9.59 Å². The van der Waals surface area contributed by atoms with Crippen molar-refractivity contribution in [1.29, 1.82) is 5.26 Å². The second-order valence-corrected chi connectivity index (χ2v) is 6.52. The zero-order valence-corrected chi connectivity index (χ0v) is 15.3. The fourth-order valence-corrected chi connectivity index (χ4v) is 2.99. The van der Waals surface area contributed by atoms with Gasteiger partial charge in [-0.05, 0) is 24.4 Å². The van der Waals surface area contributed by atoms with E-state index in [9.17, 15) is 14.4 Å². The number of hydrogen-bond acceptors (Lipinski definition) is 6. The van der Waals surface area contributed by atoms with Gasteiger partial charge < -0.3 is 9.64 Å². The van der Waals surface area contributed by atoms with Crippen LogP contribution in [0.25, 0.3) is 0 Å². The van der Waals surface area contributed by atoms with Gasteiger partial charge >= 0.3 is 5.97 Å². The van der Waals surface area contributed by atoms with Crippen molar-refractivity contribution in [3.63, 3.8) is 0 Å². The third-order valence-electron chi connectivity index (χ3n) is 3.70. The fourth-order valence-electron chi connectivity index (χ4n) is 2.31. The van der Waals surface area contributed by atoms with Crippen LogP contribution in [0.4, 0.5) is 0 Å². The summed E-state index contributed by atoms with van der Waals surface area (Å²) in [6.07, 6.45) is -0.822. The van der Waals surface area contributed by atoms with Gasteiger partial charge in [0.2, 0.25) is 5.78 Å².